The highest BCUT2D eigenvalue weighted by atomic mass is 15.0. The molecule has 4 heteroatoms. The molecule has 0 radical (unpaired) electrons. The summed E-state index contributed by atoms with van der Waals surface area (Å²) < 4.78 is 0. The van der Waals surface area contributed by atoms with E-state index < -0.39 is 0 Å². The fourth-order valence-corrected chi connectivity index (χ4v) is 1.97. The Morgan fingerprint density at radius 3 is 2.79 bits per heavy atom. The van der Waals surface area contributed by atoms with Gasteiger partial charge in [-0.3, -0.25) is 0 Å². The molecule has 0 unspecified atom stereocenters. The molecule has 3 aromatic rings. The van der Waals surface area contributed by atoms with E-state index in [1.54, 1.807) is 0 Å². The number of aromatic nitrogens is 2. The van der Waals surface area contributed by atoms with Crippen LogP contribution < -0.4 is 5.32 Å². The second-order valence-corrected chi connectivity index (χ2v) is 4.05. The molecule has 0 bridgehead atoms. The third kappa shape index (κ3) is 2.09. The summed E-state index contributed by atoms with van der Waals surface area (Å²) in [5, 5.41) is 14.5. The Hall–Kier alpha value is -2.93. The van der Waals surface area contributed by atoms with Gasteiger partial charge in [0.1, 0.15) is 18.0 Å². The van der Waals surface area contributed by atoms with Gasteiger partial charge in [-0.2, -0.15) is 5.26 Å². The van der Waals surface area contributed by atoms with Gasteiger partial charge in [0.15, 0.2) is 5.82 Å². The molecule has 0 atom stereocenters. The number of hydrogen-bond acceptors (Lipinski definition) is 4. The van der Waals surface area contributed by atoms with Crippen LogP contribution in [-0.2, 0) is 0 Å². The second-order valence-electron chi connectivity index (χ2n) is 4.05. The summed E-state index contributed by atoms with van der Waals surface area (Å²) in [7, 11) is 0. The van der Waals surface area contributed by atoms with Crippen LogP contribution in [-0.4, -0.2) is 9.97 Å². The van der Waals surface area contributed by atoms with E-state index >= 15 is 0 Å². The molecule has 0 aliphatic carbocycles. The molecule has 0 saturated carbocycles. The quantitative estimate of drug-likeness (QED) is 0.754. The number of fused-ring (bicyclic) bond motifs is 1. The largest absolute Gasteiger partial charge is 0.339 e. The van der Waals surface area contributed by atoms with Crippen LogP contribution in [0.2, 0.25) is 0 Å². The zero-order valence-electron chi connectivity index (χ0n) is 10.0. The van der Waals surface area contributed by atoms with Gasteiger partial charge in [-0.25, -0.2) is 9.97 Å². The molecule has 0 aliphatic rings. The zero-order chi connectivity index (χ0) is 13.1. The van der Waals surface area contributed by atoms with E-state index in [-0.39, 0.29) is 0 Å². The second kappa shape index (κ2) is 4.75. The first-order valence-corrected chi connectivity index (χ1v) is 5.83. The number of anilines is 2. The van der Waals surface area contributed by atoms with Gasteiger partial charge in [0, 0.05) is 11.1 Å². The first kappa shape index (κ1) is 11.2. The highest BCUT2D eigenvalue weighted by Gasteiger charge is 2.05. The highest BCUT2D eigenvalue weighted by Crippen LogP contribution is 2.26. The average molecular weight is 246 g/mol. The van der Waals surface area contributed by atoms with Gasteiger partial charge in [0.05, 0.1) is 6.20 Å². The smallest absolute Gasteiger partial charge is 0.151 e. The third-order valence-corrected chi connectivity index (χ3v) is 2.88. The Labute approximate surface area is 110 Å². The van der Waals surface area contributed by atoms with Crippen molar-refractivity contribution in [3.05, 3.63) is 60.6 Å². The molecular formula is C15H10N4. The molecule has 3 rings (SSSR count). The van der Waals surface area contributed by atoms with Crippen LogP contribution in [0.25, 0.3) is 10.8 Å². The molecule has 1 aromatic heterocycles. The number of rotatable bonds is 2. The lowest BCUT2D eigenvalue weighted by Gasteiger charge is -2.09. The molecule has 0 saturated heterocycles. The Kier molecular flexibility index (Phi) is 2.79. The van der Waals surface area contributed by atoms with Gasteiger partial charge in [-0.1, -0.05) is 36.4 Å². The summed E-state index contributed by atoms with van der Waals surface area (Å²) in [4.78, 5) is 7.95. The summed E-state index contributed by atoms with van der Waals surface area (Å²) in [6, 6.07) is 16.1. The minimum Gasteiger partial charge on any atom is -0.339 e. The van der Waals surface area contributed by atoms with Crippen molar-refractivity contribution in [1.82, 2.24) is 9.97 Å². The predicted molar refractivity (Wildman–Crippen MR) is 74.0 cm³/mol. The first-order valence-electron chi connectivity index (χ1n) is 5.83. The number of hydrogen-bond donors (Lipinski definition) is 1. The van der Waals surface area contributed by atoms with Crippen LogP contribution >= 0.6 is 0 Å². The molecule has 2 aromatic carbocycles. The standard InChI is InChI=1S/C15H10N4/c16-8-12-9-17-10-18-15(12)19-14-7-3-5-11-4-1-2-6-13(11)14/h1-7,9-10H,(H,17,18,19). The minimum atomic E-state index is 0.426. The van der Waals surface area contributed by atoms with Crippen molar-refractivity contribution in [3.8, 4) is 6.07 Å². The van der Waals surface area contributed by atoms with Crippen molar-refractivity contribution in [2.24, 2.45) is 0 Å². The van der Waals surface area contributed by atoms with Crippen LogP contribution in [0, 0.1) is 11.3 Å². The van der Waals surface area contributed by atoms with Crippen molar-refractivity contribution >= 4 is 22.3 Å². The Bertz CT molecular complexity index is 769. The van der Waals surface area contributed by atoms with Gasteiger partial charge in [0.2, 0.25) is 0 Å². The number of nitriles is 1. The molecule has 4 nitrogen and oxygen atoms in total. The molecule has 90 valence electrons. The SMILES string of the molecule is N#Cc1cncnc1Nc1cccc2ccccc12. The molecule has 19 heavy (non-hydrogen) atoms. The van der Waals surface area contributed by atoms with Gasteiger partial charge in [-0.05, 0) is 11.5 Å². The van der Waals surface area contributed by atoms with E-state index in [0.717, 1.165) is 16.5 Å². The topological polar surface area (TPSA) is 61.6 Å². The Morgan fingerprint density at radius 1 is 1.05 bits per heavy atom. The van der Waals surface area contributed by atoms with E-state index in [1.807, 2.05) is 42.5 Å². The van der Waals surface area contributed by atoms with E-state index in [0.29, 0.717) is 11.4 Å². The maximum atomic E-state index is 9.04. The highest BCUT2D eigenvalue weighted by molar-refractivity contribution is 5.95. The Morgan fingerprint density at radius 2 is 1.89 bits per heavy atom. The lowest BCUT2D eigenvalue weighted by molar-refractivity contribution is 1.15. The van der Waals surface area contributed by atoms with E-state index in [4.69, 9.17) is 5.26 Å². The first-order chi connectivity index (χ1) is 9.38. The van der Waals surface area contributed by atoms with Gasteiger partial charge in [0.25, 0.3) is 0 Å². The van der Waals surface area contributed by atoms with Gasteiger partial charge in [-0.15, -0.1) is 0 Å². The van der Waals surface area contributed by atoms with Crippen LogP contribution in [0.15, 0.2) is 55.0 Å². The van der Waals surface area contributed by atoms with Crippen LogP contribution in [0.4, 0.5) is 11.5 Å². The fraction of sp³-hybridized carbons (Fsp3) is 0. The van der Waals surface area contributed by atoms with E-state index in [2.05, 4.69) is 21.4 Å². The van der Waals surface area contributed by atoms with E-state index in [9.17, 15) is 0 Å². The van der Waals surface area contributed by atoms with Crippen molar-refractivity contribution in [2.75, 3.05) is 5.32 Å². The van der Waals surface area contributed by atoms with Crippen LogP contribution in [0.5, 0.6) is 0 Å². The molecule has 0 spiro atoms. The van der Waals surface area contributed by atoms with Gasteiger partial charge >= 0.3 is 0 Å². The monoisotopic (exact) mass is 246 g/mol. The molecule has 1 N–H and O–H groups in total. The lowest BCUT2D eigenvalue weighted by Crippen LogP contribution is -1.98. The summed E-state index contributed by atoms with van der Waals surface area (Å²) in [5.41, 5.74) is 1.35. The third-order valence-electron chi connectivity index (χ3n) is 2.88. The van der Waals surface area contributed by atoms with Crippen LogP contribution in [0.1, 0.15) is 5.56 Å². The minimum absolute atomic E-state index is 0.426. The Balaban J connectivity index is 2.09. The number of nitrogens with one attached hydrogen (secondary N) is 1. The maximum absolute atomic E-state index is 9.04. The molecule has 0 aliphatic heterocycles. The zero-order valence-corrected chi connectivity index (χ0v) is 10.0. The van der Waals surface area contributed by atoms with Crippen molar-refractivity contribution in [1.29, 1.82) is 5.26 Å². The normalized spacial score (nSPS) is 10.1. The van der Waals surface area contributed by atoms with Gasteiger partial charge < -0.3 is 5.32 Å². The summed E-state index contributed by atoms with van der Waals surface area (Å²) in [6.45, 7) is 0. The fourth-order valence-electron chi connectivity index (χ4n) is 1.97. The predicted octanol–water partition coefficient (Wildman–Crippen LogP) is 3.25. The molecule has 0 fully saturated rings. The van der Waals surface area contributed by atoms with Crippen LogP contribution in [0.3, 0.4) is 0 Å². The lowest BCUT2D eigenvalue weighted by atomic mass is 10.1. The van der Waals surface area contributed by atoms with Crippen molar-refractivity contribution in [3.63, 3.8) is 0 Å². The number of nitrogens with zero attached hydrogens (tertiary/aromatic N) is 3. The van der Waals surface area contributed by atoms with E-state index in [1.165, 1.54) is 12.5 Å². The summed E-state index contributed by atoms with van der Waals surface area (Å²) >= 11 is 0. The average Bonchev–Trinajstić information content (AvgIpc) is 2.48. The molecular weight excluding hydrogens is 236 g/mol. The molecule has 0 amide bonds. The maximum Gasteiger partial charge on any atom is 0.151 e. The summed E-state index contributed by atoms with van der Waals surface area (Å²) in [5.74, 6) is 0.522. The number of benzene rings is 2. The van der Waals surface area contributed by atoms with Crippen molar-refractivity contribution in [2.45, 2.75) is 0 Å². The van der Waals surface area contributed by atoms with Crippen molar-refractivity contribution < 1.29 is 0 Å². The summed E-state index contributed by atoms with van der Waals surface area (Å²) in [6.07, 6.45) is 2.93. The molecule has 1 heterocycles.